The van der Waals surface area contributed by atoms with Gasteiger partial charge < -0.3 is 10.4 Å². The fourth-order valence-electron chi connectivity index (χ4n) is 2.18. The lowest BCUT2D eigenvalue weighted by molar-refractivity contribution is -0.122. The molecule has 0 aliphatic heterocycles. The van der Waals surface area contributed by atoms with E-state index in [0.29, 0.717) is 12.1 Å². The number of benzene rings is 1. The Bertz CT molecular complexity index is 698. The number of hydrogen-bond donors (Lipinski definition) is 2. The van der Waals surface area contributed by atoms with Gasteiger partial charge >= 0.3 is 0 Å². The molecule has 1 aromatic carbocycles. The van der Waals surface area contributed by atoms with E-state index in [1.807, 2.05) is 37.3 Å². The van der Waals surface area contributed by atoms with Gasteiger partial charge in [0.15, 0.2) is 0 Å². The van der Waals surface area contributed by atoms with Crippen LogP contribution in [-0.4, -0.2) is 33.4 Å². The lowest BCUT2D eigenvalue weighted by Crippen LogP contribution is -2.37. The van der Waals surface area contributed by atoms with E-state index in [1.54, 1.807) is 6.07 Å². The van der Waals surface area contributed by atoms with Gasteiger partial charge in [0.2, 0.25) is 5.91 Å². The third-order valence-electron chi connectivity index (χ3n) is 3.39. The lowest BCUT2D eigenvalue weighted by Gasteiger charge is -2.11. The van der Waals surface area contributed by atoms with E-state index in [1.165, 1.54) is 6.07 Å². The summed E-state index contributed by atoms with van der Waals surface area (Å²) in [5.74, 6) is -0.347. The molecule has 0 aliphatic carbocycles. The standard InChI is InChI=1S/C17H21N3O3/c1-2-6-14(21)11-18-16(22)12-20-17(23)10-9-15(19-20)13-7-4-3-5-8-13/h3-5,7-10,14,21H,2,6,11-12H2,1H3,(H,18,22). The zero-order chi connectivity index (χ0) is 16.7. The normalized spacial score (nSPS) is 11.9. The molecule has 2 rings (SSSR count). The second kappa shape index (κ2) is 8.24. The van der Waals surface area contributed by atoms with E-state index in [-0.39, 0.29) is 24.6 Å². The Hall–Kier alpha value is -2.47. The molecule has 1 amide bonds. The van der Waals surface area contributed by atoms with Crippen LogP contribution in [0, 0.1) is 0 Å². The molecular weight excluding hydrogens is 294 g/mol. The van der Waals surface area contributed by atoms with Gasteiger partial charge in [0.25, 0.3) is 5.56 Å². The Morgan fingerprint density at radius 2 is 2.00 bits per heavy atom. The molecule has 0 saturated heterocycles. The van der Waals surface area contributed by atoms with E-state index in [4.69, 9.17) is 0 Å². The predicted molar refractivity (Wildman–Crippen MR) is 87.9 cm³/mol. The summed E-state index contributed by atoms with van der Waals surface area (Å²) in [5.41, 5.74) is 1.16. The number of hydrogen-bond acceptors (Lipinski definition) is 4. The van der Waals surface area contributed by atoms with Crippen LogP contribution in [-0.2, 0) is 11.3 Å². The van der Waals surface area contributed by atoms with Crippen molar-refractivity contribution in [3.63, 3.8) is 0 Å². The van der Waals surface area contributed by atoms with Gasteiger partial charge in [0, 0.05) is 18.2 Å². The largest absolute Gasteiger partial charge is 0.391 e. The summed E-state index contributed by atoms with van der Waals surface area (Å²) >= 11 is 0. The van der Waals surface area contributed by atoms with Gasteiger partial charge in [-0.25, -0.2) is 4.68 Å². The topological polar surface area (TPSA) is 84.2 Å². The summed E-state index contributed by atoms with van der Waals surface area (Å²) < 4.78 is 1.13. The van der Waals surface area contributed by atoms with Crippen molar-refractivity contribution < 1.29 is 9.90 Å². The molecule has 122 valence electrons. The SMILES string of the molecule is CCCC(O)CNC(=O)Cn1nc(-c2ccccc2)ccc1=O. The Labute approximate surface area is 134 Å². The molecule has 0 fully saturated rings. The third-order valence-corrected chi connectivity index (χ3v) is 3.39. The number of carbonyl (C=O) groups excluding carboxylic acids is 1. The highest BCUT2D eigenvalue weighted by atomic mass is 16.3. The Balaban J connectivity index is 2.05. The molecule has 1 unspecified atom stereocenters. The maximum atomic E-state index is 11.9. The predicted octanol–water partition coefficient (Wildman–Crippen LogP) is 1.19. The molecule has 1 aromatic heterocycles. The van der Waals surface area contributed by atoms with Crippen molar-refractivity contribution in [3.8, 4) is 11.3 Å². The fraction of sp³-hybridized carbons (Fsp3) is 0.353. The first-order valence-corrected chi connectivity index (χ1v) is 7.68. The minimum absolute atomic E-state index is 0.168. The number of nitrogens with zero attached hydrogens (tertiary/aromatic N) is 2. The second-order valence-electron chi connectivity index (χ2n) is 5.33. The summed E-state index contributed by atoms with van der Waals surface area (Å²) in [6.45, 7) is 1.97. The molecule has 1 heterocycles. The summed E-state index contributed by atoms with van der Waals surface area (Å²) in [5, 5.41) is 16.5. The van der Waals surface area contributed by atoms with Crippen LogP contribution in [0.3, 0.4) is 0 Å². The Morgan fingerprint density at radius 3 is 2.70 bits per heavy atom. The van der Waals surface area contributed by atoms with Gasteiger partial charge in [0.1, 0.15) is 6.54 Å². The first kappa shape index (κ1) is 16.9. The average Bonchev–Trinajstić information content (AvgIpc) is 2.56. The van der Waals surface area contributed by atoms with E-state index in [2.05, 4.69) is 10.4 Å². The van der Waals surface area contributed by atoms with Crippen molar-refractivity contribution in [1.29, 1.82) is 0 Å². The molecule has 0 radical (unpaired) electrons. The molecule has 0 spiro atoms. The van der Waals surface area contributed by atoms with Crippen LogP contribution in [0.15, 0.2) is 47.3 Å². The zero-order valence-electron chi connectivity index (χ0n) is 13.1. The number of carbonyl (C=O) groups is 1. The van der Waals surface area contributed by atoms with Crippen molar-refractivity contribution in [2.45, 2.75) is 32.4 Å². The van der Waals surface area contributed by atoms with E-state index in [0.717, 1.165) is 16.7 Å². The maximum absolute atomic E-state index is 11.9. The van der Waals surface area contributed by atoms with Crippen LogP contribution in [0.5, 0.6) is 0 Å². The molecule has 0 aliphatic rings. The molecule has 23 heavy (non-hydrogen) atoms. The molecule has 0 saturated carbocycles. The van der Waals surface area contributed by atoms with Gasteiger partial charge in [-0.05, 0) is 12.5 Å². The molecule has 2 aromatic rings. The molecule has 6 nitrogen and oxygen atoms in total. The Morgan fingerprint density at radius 1 is 1.26 bits per heavy atom. The summed E-state index contributed by atoms with van der Waals surface area (Å²) in [6.07, 6.45) is 0.906. The van der Waals surface area contributed by atoms with Crippen LogP contribution in [0.2, 0.25) is 0 Å². The molecular formula is C17H21N3O3. The van der Waals surface area contributed by atoms with Crippen LogP contribution >= 0.6 is 0 Å². The minimum atomic E-state index is -0.565. The van der Waals surface area contributed by atoms with Crippen molar-refractivity contribution >= 4 is 5.91 Å². The van der Waals surface area contributed by atoms with E-state index >= 15 is 0 Å². The van der Waals surface area contributed by atoms with Gasteiger partial charge in [-0.2, -0.15) is 5.10 Å². The number of amides is 1. The molecule has 6 heteroatoms. The first-order chi connectivity index (χ1) is 11.1. The highest BCUT2D eigenvalue weighted by Gasteiger charge is 2.09. The van der Waals surface area contributed by atoms with Crippen molar-refractivity contribution in [3.05, 3.63) is 52.8 Å². The van der Waals surface area contributed by atoms with Crippen molar-refractivity contribution in [2.75, 3.05) is 6.54 Å². The quantitative estimate of drug-likeness (QED) is 0.804. The number of aliphatic hydroxyl groups is 1. The highest BCUT2D eigenvalue weighted by molar-refractivity contribution is 5.75. The van der Waals surface area contributed by atoms with Gasteiger partial charge in [-0.1, -0.05) is 43.7 Å². The van der Waals surface area contributed by atoms with Crippen LogP contribution in [0.1, 0.15) is 19.8 Å². The minimum Gasteiger partial charge on any atom is -0.391 e. The van der Waals surface area contributed by atoms with Gasteiger partial charge in [-0.3, -0.25) is 9.59 Å². The van der Waals surface area contributed by atoms with Crippen molar-refractivity contribution in [2.24, 2.45) is 0 Å². The van der Waals surface area contributed by atoms with Gasteiger partial charge in [-0.15, -0.1) is 0 Å². The monoisotopic (exact) mass is 315 g/mol. The zero-order valence-corrected chi connectivity index (χ0v) is 13.1. The van der Waals surface area contributed by atoms with Crippen LogP contribution < -0.4 is 10.9 Å². The first-order valence-electron chi connectivity index (χ1n) is 7.68. The Kier molecular flexibility index (Phi) is 6.05. The van der Waals surface area contributed by atoms with E-state index in [9.17, 15) is 14.7 Å². The highest BCUT2D eigenvalue weighted by Crippen LogP contribution is 2.13. The van der Waals surface area contributed by atoms with Crippen LogP contribution in [0.25, 0.3) is 11.3 Å². The maximum Gasteiger partial charge on any atom is 0.267 e. The molecule has 0 bridgehead atoms. The smallest absolute Gasteiger partial charge is 0.267 e. The summed E-state index contributed by atoms with van der Waals surface area (Å²) in [7, 11) is 0. The second-order valence-corrected chi connectivity index (χ2v) is 5.33. The van der Waals surface area contributed by atoms with Crippen molar-refractivity contribution in [1.82, 2.24) is 15.1 Å². The number of aromatic nitrogens is 2. The van der Waals surface area contributed by atoms with Crippen LogP contribution in [0.4, 0.5) is 0 Å². The average molecular weight is 315 g/mol. The number of nitrogens with one attached hydrogen (secondary N) is 1. The molecule has 1 atom stereocenters. The fourth-order valence-corrected chi connectivity index (χ4v) is 2.18. The van der Waals surface area contributed by atoms with E-state index < -0.39 is 6.10 Å². The van der Waals surface area contributed by atoms with Gasteiger partial charge in [0.05, 0.1) is 11.8 Å². The summed E-state index contributed by atoms with van der Waals surface area (Å²) in [4.78, 5) is 23.7. The number of rotatable bonds is 7. The number of aliphatic hydroxyl groups excluding tert-OH is 1. The lowest BCUT2D eigenvalue weighted by atomic mass is 10.1. The third kappa shape index (κ3) is 5.03. The summed E-state index contributed by atoms with van der Waals surface area (Å²) in [6, 6.07) is 12.5. The molecule has 2 N–H and O–H groups in total.